The first kappa shape index (κ1) is 10.2. The fourth-order valence-corrected chi connectivity index (χ4v) is 2.08. The van der Waals surface area contributed by atoms with Gasteiger partial charge < -0.3 is 0 Å². The van der Waals surface area contributed by atoms with E-state index in [0.717, 1.165) is 12.8 Å². The third-order valence-corrected chi connectivity index (χ3v) is 2.95. The van der Waals surface area contributed by atoms with Gasteiger partial charge in [0.1, 0.15) is 0 Å². The summed E-state index contributed by atoms with van der Waals surface area (Å²) in [5, 5.41) is 2.76. The summed E-state index contributed by atoms with van der Waals surface area (Å²) in [6.45, 7) is 6.11. The smallest absolute Gasteiger partial charge is 0.0149 e. The summed E-state index contributed by atoms with van der Waals surface area (Å²) in [7, 11) is 0. The van der Waals surface area contributed by atoms with Gasteiger partial charge in [0.15, 0.2) is 0 Å². The van der Waals surface area contributed by atoms with Crippen LogP contribution in [0.15, 0.2) is 36.4 Å². The Morgan fingerprint density at radius 3 is 2.67 bits per heavy atom. The average Bonchev–Trinajstić information content (AvgIpc) is 2.28. The van der Waals surface area contributed by atoms with E-state index in [4.69, 9.17) is 0 Å². The van der Waals surface area contributed by atoms with Crippen molar-refractivity contribution in [1.29, 1.82) is 0 Å². The van der Waals surface area contributed by atoms with Crippen LogP contribution in [-0.4, -0.2) is 0 Å². The Morgan fingerprint density at radius 1 is 1.07 bits per heavy atom. The summed E-state index contributed by atoms with van der Waals surface area (Å²) < 4.78 is 0. The van der Waals surface area contributed by atoms with E-state index in [9.17, 15) is 0 Å². The molecule has 0 nitrogen and oxygen atoms in total. The molecular weight excluding hydrogens is 180 g/mol. The molecular formula is C15H17. The zero-order valence-corrected chi connectivity index (χ0v) is 9.29. The topological polar surface area (TPSA) is 0 Å². The molecule has 2 rings (SSSR count). The van der Waals surface area contributed by atoms with Crippen molar-refractivity contribution in [2.45, 2.75) is 26.2 Å². The van der Waals surface area contributed by atoms with E-state index < -0.39 is 0 Å². The minimum absolute atomic E-state index is 1.02. The van der Waals surface area contributed by atoms with Gasteiger partial charge in [0, 0.05) is 0 Å². The van der Waals surface area contributed by atoms with Gasteiger partial charge in [0.2, 0.25) is 0 Å². The Morgan fingerprint density at radius 2 is 1.87 bits per heavy atom. The third-order valence-electron chi connectivity index (χ3n) is 2.95. The van der Waals surface area contributed by atoms with Crippen LogP contribution in [0.3, 0.4) is 0 Å². The highest BCUT2D eigenvalue weighted by Crippen LogP contribution is 2.23. The average molecular weight is 197 g/mol. The zero-order chi connectivity index (χ0) is 10.7. The molecule has 0 atom stereocenters. The molecule has 0 heterocycles. The molecule has 0 heteroatoms. The number of fused-ring (bicyclic) bond motifs is 1. The molecule has 0 saturated carbocycles. The Hall–Kier alpha value is -1.30. The van der Waals surface area contributed by atoms with Gasteiger partial charge in [0.05, 0.1) is 0 Å². The number of rotatable bonds is 3. The van der Waals surface area contributed by atoms with Crippen LogP contribution in [0.1, 0.15) is 24.0 Å². The van der Waals surface area contributed by atoms with Gasteiger partial charge >= 0.3 is 0 Å². The summed E-state index contributed by atoms with van der Waals surface area (Å²) in [5.74, 6) is 0. The lowest BCUT2D eigenvalue weighted by molar-refractivity contribution is 0.841. The van der Waals surface area contributed by atoms with Gasteiger partial charge in [-0.05, 0) is 41.7 Å². The minimum Gasteiger partial charge on any atom is -0.0616 e. The van der Waals surface area contributed by atoms with Crippen molar-refractivity contribution in [3.63, 3.8) is 0 Å². The summed E-state index contributed by atoms with van der Waals surface area (Å²) in [6, 6.07) is 13.1. The molecule has 0 aliphatic rings. The predicted octanol–water partition coefficient (Wildman–Crippen LogP) is 4.31. The third kappa shape index (κ3) is 2.04. The molecule has 1 radical (unpaired) electrons. The lowest BCUT2D eigenvalue weighted by atomic mass is 9.96. The Balaban J connectivity index is 2.53. The van der Waals surface area contributed by atoms with Gasteiger partial charge in [-0.1, -0.05) is 49.7 Å². The highest BCUT2D eigenvalue weighted by atomic mass is 14.1. The number of unbranched alkanes of at least 4 members (excludes halogenated alkanes) is 1. The van der Waals surface area contributed by atoms with E-state index in [0.29, 0.717) is 0 Å². The number of hydrogen-bond donors (Lipinski definition) is 0. The van der Waals surface area contributed by atoms with Gasteiger partial charge in [0.25, 0.3) is 0 Å². The zero-order valence-electron chi connectivity index (χ0n) is 9.29. The van der Waals surface area contributed by atoms with Crippen molar-refractivity contribution >= 4 is 10.8 Å². The van der Waals surface area contributed by atoms with E-state index >= 15 is 0 Å². The quantitative estimate of drug-likeness (QED) is 0.688. The lowest BCUT2D eigenvalue weighted by Crippen LogP contribution is -1.91. The second-order valence-electron chi connectivity index (χ2n) is 4.04. The molecule has 0 aromatic heterocycles. The van der Waals surface area contributed by atoms with Crippen LogP contribution in [0.2, 0.25) is 0 Å². The molecule has 77 valence electrons. The first-order valence-electron chi connectivity index (χ1n) is 5.59. The highest BCUT2D eigenvalue weighted by Gasteiger charge is 2.03. The van der Waals surface area contributed by atoms with Crippen LogP contribution < -0.4 is 0 Å². The van der Waals surface area contributed by atoms with Crippen LogP contribution in [-0.2, 0) is 6.42 Å². The Kier molecular flexibility index (Phi) is 3.05. The van der Waals surface area contributed by atoms with E-state index in [1.54, 1.807) is 0 Å². The number of benzene rings is 2. The molecule has 2 aromatic rings. The molecule has 0 aliphatic heterocycles. The minimum atomic E-state index is 1.02. The van der Waals surface area contributed by atoms with Crippen molar-refractivity contribution in [1.82, 2.24) is 0 Å². The fraction of sp³-hybridized carbons (Fsp3) is 0.267. The van der Waals surface area contributed by atoms with Gasteiger partial charge in [-0.25, -0.2) is 0 Å². The van der Waals surface area contributed by atoms with Gasteiger partial charge in [-0.3, -0.25) is 0 Å². The lowest BCUT2D eigenvalue weighted by Gasteiger charge is -2.09. The molecule has 0 bridgehead atoms. The molecule has 0 spiro atoms. The van der Waals surface area contributed by atoms with Crippen LogP contribution >= 0.6 is 0 Å². The summed E-state index contributed by atoms with van der Waals surface area (Å²) in [6.07, 6.45) is 3.34. The van der Waals surface area contributed by atoms with Gasteiger partial charge in [-0.2, -0.15) is 0 Å². The summed E-state index contributed by atoms with van der Waals surface area (Å²) in [4.78, 5) is 0. The SMILES string of the molecule is [CH2]CCCc1c(C)ccc2ccccc12. The Labute approximate surface area is 91.9 Å². The monoisotopic (exact) mass is 197 g/mol. The van der Waals surface area contributed by atoms with Crippen LogP contribution in [0.25, 0.3) is 10.8 Å². The first-order valence-corrected chi connectivity index (χ1v) is 5.59. The molecule has 0 amide bonds. The normalized spacial score (nSPS) is 10.8. The van der Waals surface area contributed by atoms with E-state index in [1.807, 2.05) is 0 Å². The maximum absolute atomic E-state index is 3.91. The summed E-state index contributed by atoms with van der Waals surface area (Å²) >= 11 is 0. The maximum Gasteiger partial charge on any atom is -0.0149 e. The van der Waals surface area contributed by atoms with E-state index in [2.05, 4.69) is 50.2 Å². The largest absolute Gasteiger partial charge is 0.0616 e. The molecule has 0 saturated heterocycles. The van der Waals surface area contributed by atoms with E-state index in [-0.39, 0.29) is 0 Å². The standard InChI is InChI=1S/C15H17/c1-3-4-8-14-12(2)10-11-13-7-5-6-9-15(13)14/h5-7,9-11H,1,3-4,8H2,2H3. The van der Waals surface area contributed by atoms with Gasteiger partial charge in [-0.15, -0.1) is 0 Å². The number of hydrogen-bond acceptors (Lipinski definition) is 0. The second-order valence-corrected chi connectivity index (χ2v) is 4.04. The first-order chi connectivity index (χ1) is 7.33. The predicted molar refractivity (Wildman–Crippen MR) is 67.0 cm³/mol. The van der Waals surface area contributed by atoms with E-state index in [1.165, 1.54) is 28.3 Å². The van der Waals surface area contributed by atoms with Crippen LogP contribution in [0.4, 0.5) is 0 Å². The van der Waals surface area contributed by atoms with Crippen LogP contribution in [0, 0.1) is 13.8 Å². The fourth-order valence-electron chi connectivity index (χ4n) is 2.08. The molecule has 0 unspecified atom stereocenters. The molecule has 15 heavy (non-hydrogen) atoms. The van der Waals surface area contributed by atoms with Crippen molar-refractivity contribution in [2.24, 2.45) is 0 Å². The maximum atomic E-state index is 3.91. The molecule has 0 N–H and O–H groups in total. The summed E-state index contributed by atoms with van der Waals surface area (Å²) in [5.41, 5.74) is 2.90. The van der Waals surface area contributed by atoms with Crippen molar-refractivity contribution in [2.75, 3.05) is 0 Å². The Bertz CT molecular complexity index is 455. The molecule has 0 aliphatic carbocycles. The van der Waals surface area contributed by atoms with Crippen LogP contribution in [0.5, 0.6) is 0 Å². The molecule has 0 fully saturated rings. The highest BCUT2D eigenvalue weighted by molar-refractivity contribution is 5.86. The van der Waals surface area contributed by atoms with Crippen molar-refractivity contribution < 1.29 is 0 Å². The van der Waals surface area contributed by atoms with Crippen molar-refractivity contribution in [3.05, 3.63) is 54.4 Å². The second kappa shape index (κ2) is 4.48. The van der Waals surface area contributed by atoms with Crippen molar-refractivity contribution in [3.8, 4) is 0 Å². The molecule has 2 aromatic carbocycles. The number of aryl methyl sites for hydroxylation is 2.